The van der Waals surface area contributed by atoms with Gasteiger partial charge in [-0.25, -0.2) is 0 Å². The van der Waals surface area contributed by atoms with E-state index in [0.29, 0.717) is 0 Å². The van der Waals surface area contributed by atoms with Crippen LogP contribution in [0.3, 0.4) is 0 Å². The van der Waals surface area contributed by atoms with Gasteiger partial charge in [-0.2, -0.15) is 0 Å². The van der Waals surface area contributed by atoms with Crippen LogP contribution in [0.4, 0.5) is 0 Å². The molecule has 0 aliphatic carbocycles. The van der Waals surface area contributed by atoms with Gasteiger partial charge in [0.1, 0.15) is 0 Å². The second-order valence-electron chi connectivity index (χ2n) is 1.78. The number of hydrogen-bond acceptors (Lipinski definition) is 2. The first kappa shape index (κ1) is 7.94. The lowest BCUT2D eigenvalue weighted by Crippen LogP contribution is -2.37. The van der Waals surface area contributed by atoms with Gasteiger partial charge < -0.3 is 10.2 Å². The third kappa shape index (κ3) is 2.12. The zero-order chi connectivity index (χ0) is 7.44. The second-order valence-corrected chi connectivity index (χ2v) is 1.78. The molecule has 0 aromatic heterocycles. The quantitative estimate of drug-likeness (QED) is 0.420. The van der Waals surface area contributed by atoms with Gasteiger partial charge in [0, 0.05) is 21.1 Å². The molecule has 0 saturated heterocycles. The zero-order valence-corrected chi connectivity index (χ0v) is 5.76. The molecule has 0 radical (unpaired) electrons. The predicted molar refractivity (Wildman–Crippen MR) is 32.8 cm³/mol. The molecule has 4 heteroatoms. The first-order chi connectivity index (χ1) is 4.09. The Hall–Kier alpha value is -1.06. The summed E-state index contributed by atoms with van der Waals surface area (Å²) in [6.07, 6.45) is 0. The first-order valence-electron chi connectivity index (χ1n) is 2.53. The van der Waals surface area contributed by atoms with E-state index in [4.69, 9.17) is 0 Å². The van der Waals surface area contributed by atoms with Crippen LogP contribution in [-0.4, -0.2) is 37.9 Å². The summed E-state index contributed by atoms with van der Waals surface area (Å²) in [6, 6.07) is 0. The normalized spacial score (nSPS) is 8.33. The van der Waals surface area contributed by atoms with E-state index in [2.05, 4.69) is 5.32 Å². The Bertz CT molecular complexity index is 131. The van der Waals surface area contributed by atoms with Crippen molar-refractivity contribution < 1.29 is 9.59 Å². The van der Waals surface area contributed by atoms with Gasteiger partial charge in [-0.1, -0.05) is 0 Å². The number of amides is 2. The predicted octanol–water partition coefficient (Wildman–Crippen LogP) is -1.18. The molecule has 0 bridgehead atoms. The monoisotopic (exact) mass is 130 g/mol. The summed E-state index contributed by atoms with van der Waals surface area (Å²) >= 11 is 0. The largest absolute Gasteiger partial charge is 0.351 e. The lowest BCUT2D eigenvalue weighted by atomic mass is 10.5. The maximum absolute atomic E-state index is 10.6. The summed E-state index contributed by atoms with van der Waals surface area (Å²) in [4.78, 5) is 22.3. The molecule has 0 heterocycles. The molecule has 0 saturated carbocycles. The summed E-state index contributed by atoms with van der Waals surface area (Å²) < 4.78 is 0. The summed E-state index contributed by atoms with van der Waals surface area (Å²) in [5, 5.41) is 2.22. The number of hydrogen-bond donors (Lipinski definition) is 1. The molecule has 0 rings (SSSR count). The number of nitrogens with one attached hydrogen (secondary N) is 1. The van der Waals surface area contributed by atoms with Gasteiger partial charge in [0.15, 0.2) is 0 Å². The van der Waals surface area contributed by atoms with Crippen LogP contribution in [0.2, 0.25) is 0 Å². The topological polar surface area (TPSA) is 49.4 Å². The Morgan fingerprint density at radius 2 is 1.78 bits per heavy atom. The van der Waals surface area contributed by atoms with Crippen LogP contribution >= 0.6 is 0 Å². The van der Waals surface area contributed by atoms with Crippen molar-refractivity contribution in [2.24, 2.45) is 0 Å². The van der Waals surface area contributed by atoms with Crippen molar-refractivity contribution in [2.75, 3.05) is 21.1 Å². The molecule has 52 valence electrons. The highest BCUT2D eigenvalue weighted by atomic mass is 16.2. The average Bonchev–Trinajstić information content (AvgIpc) is 1.84. The number of carbonyl (C=O) groups is 2. The maximum Gasteiger partial charge on any atom is 0.311 e. The lowest BCUT2D eigenvalue weighted by molar-refractivity contribution is -0.143. The van der Waals surface area contributed by atoms with Crippen LogP contribution in [0.15, 0.2) is 0 Å². The van der Waals surface area contributed by atoms with Crippen LogP contribution in [0.5, 0.6) is 0 Å². The maximum atomic E-state index is 10.6. The van der Waals surface area contributed by atoms with E-state index in [-0.39, 0.29) is 0 Å². The zero-order valence-electron chi connectivity index (χ0n) is 5.76. The lowest BCUT2D eigenvalue weighted by Gasteiger charge is -2.06. The molecule has 9 heavy (non-hydrogen) atoms. The highest BCUT2D eigenvalue weighted by molar-refractivity contribution is 6.34. The fourth-order valence-electron chi connectivity index (χ4n) is 0.310. The summed E-state index contributed by atoms with van der Waals surface area (Å²) in [6.45, 7) is 0. The van der Waals surface area contributed by atoms with Gasteiger partial charge >= 0.3 is 11.8 Å². The van der Waals surface area contributed by atoms with E-state index in [9.17, 15) is 9.59 Å². The van der Waals surface area contributed by atoms with Gasteiger partial charge in [0.2, 0.25) is 0 Å². The number of rotatable bonds is 0. The third-order valence-electron chi connectivity index (χ3n) is 0.827. The summed E-state index contributed by atoms with van der Waals surface area (Å²) in [5.41, 5.74) is 0. The van der Waals surface area contributed by atoms with Gasteiger partial charge in [-0.15, -0.1) is 0 Å². The Balaban J connectivity index is 3.89. The van der Waals surface area contributed by atoms with Crippen LogP contribution in [0, 0.1) is 0 Å². The minimum absolute atomic E-state index is 0.530. The molecular formula is C5H10N2O2. The SMILES string of the molecule is CNC(=O)C(=O)N(C)C. The van der Waals surface area contributed by atoms with Gasteiger partial charge in [0.05, 0.1) is 0 Å². The molecule has 0 aliphatic rings. The first-order valence-corrected chi connectivity index (χ1v) is 2.53. The van der Waals surface area contributed by atoms with Crippen molar-refractivity contribution in [3.05, 3.63) is 0 Å². The number of likely N-dealkylation sites (N-methyl/N-ethyl adjacent to an activating group) is 2. The number of carbonyl (C=O) groups excluding carboxylic acids is 2. The Morgan fingerprint density at radius 1 is 1.33 bits per heavy atom. The molecule has 1 N–H and O–H groups in total. The smallest absolute Gasteiger partial charge is 0.311 e. The highest BCUT2D eigenvalue weighted by Gasteiger charge is 2.11. The van der Waals surface area contributed by atoms with E-state index >= 15 is 0 Å². The Labute approximate surface area is 53.8 Å². The van der Waals surface area contributed by atoms with Crippen molar-refractivity contribution in [3.63, 3.8) is 0 Å². The van der Waals surface area contributed by atoms with Crippen LogP contribution in [0.25, 0.3) is 0 Å². The third-order valence-corrected chi connectivity index (χ3v) is 0.827. The standard InChI is InChI=1S/C5H10N2O2/c1-6-4(8)5(9)7(2)3/h1-3H3,(H,6,8). The van der Waals surface area contributed by atoms with Crippen molar-refractivity contribution in [3.8, 4) is 0 Å². The minimum atomic E-state index is -0.583. The van der Waals surface area contributed by atoms with E-state index in [1.807, 2.05) is 0 Å². The molecular weight excluding hydrogens is 120 g/mol. The molecule has 2 amide bonds. The molecule has 0 unspecified atom stereocenters. The minimum Gasteiger partial charge on any atom is -0.351 e. The Morgan fingerprint density at radius 3 is 1.89 bits per heavy atom. The van der Waals surface area contributed by atoms with Crippen LogP contribution in [-0.2, 0) is 9.59 Å². The molecule has 0 spiro atoms. The van der Waals surface area contributed by atoms with Crippen molar-refractivity contribution in [1.82, 2.24) is 10.2 Å². The van der Waals surface area contributed by atoms with E-state index in [1.54, 1.807) is 0 Å². The fourth-order valence-corrected chi connectivity index (χ4v) is 0.310. The molecule has 0 atom stereocenters. The second kappa shape index (κ2) is 3.06. The summed E-state index contributed by atoms with van der Waals surface area (Å²) in [5.74, 6) is -1.11. The van der Waals surface area contributed by atoms with Gasteiger partial charge in [0.25, 0.3) is 0 Å². The molecule has 0 aromatic carbocycles. The average molecular weight is 130 g/mol. The van der Waals surface area contributed by atoms with Crippen molar-refractivity contribution in [2.45, 2.75) is 0 Å². The van der Waals surface area contributed by atoms with E-state index < -0.39 is 11.8 Å². The summed E-state index contributed by atoms with van der Waals surface area (Å²) in [7, 11) is 4.47. The molecule has 0 aliphatic heterocycles. The fraction of sp³-hybridized carbons (Fsp3) is 0.600. The van der Waals surface area contributed by atoms with Crippen molar-refractivity contribution in [1.29, 1.82) is 0 Å². The van der Waals surface area contributed by atoms with Crippen LogP contribution < -0.4 is 5.32 Å². The highest BCUT2D eigenvalue weighted by Crippen LogP contribution is 1.75. The molecule has 4 nitrogen and oxygen atoms in total. The Kier molecular flexibility index (Phi) is 2.70. The van der Waals surface area contributed by atoms with E-state index in [1.165, 1.54) is 26.0 Å². The van der Waals surface area contributed by atoms with Crippen LogP contribution in [0.1, 0.15) is 0 Å². The van der Waals surface area contributed by atoms with Gasteiger partial charge in [-0.05, 0) is 0 Å². The van der Waals surface area contributed by atoms with E-state index in [0.717, 1.165) is 0 Å². The number of nitrogens with zero attached hydrogens (tertiary/aromatic N) is 1. The van der Waals surface area contributed by atoms with Crippen molar-refractivity contribution >= 4 is 11.8 Å². The molecule has 0 aromatic rings. The van der Waals surface area contributed by atoms with Gasteiger partial charge in [-0.3, -0.25) is 9.59 Å². The molecule has 0 fully saturated rings.